The number of rotatable bonds is 4. The molecule has 0 spiro atoms. The smallest absolute Gasteiger partial charge is 0.303 e. The topological polar surface area (TPSA) is 83.5 Å². The van der Waals surface area contributed by atoms with E-state index in [1.807, 2.05) is 0 Å². The van der Waals surface area contributed by atoms with Crippen LogP contribution in [-0.4, -0.2) is 62.5 Å². The van der Waals surface area contributed by atoms with E-state index in [9.17, 15) is 9.90 Å². The van der Waals surface area contributed by atoms with Crippen LogP contribution in [0.5, 0.6) is 0 Å². The average molecular weight is 377 g/mol. The van der Waals surface area contributed by atoms with Crippen LogP contribution >= 0.6 is 0 Å². The van der Waals surface area contributed by atoms with Crippen molar-refractivity contribution in [3.63, 3.8) is 0 Å². The Morgan fingerprint density at radius 1 is 1.20 bits per heavy atom. The number of carbonyl (C=O) groups is 1. The van der Waals surface area contributed by atoms with Crippen molar-refractivity contribution in [2.75, 3.05) is 6.61 Å². The lowest BCUT2D eigenvalue weighted by Gasteiger charge is -2.42. The Balaban J connectivity index is 2.14. The molecule has 0 unspecified atom stereocenters. The summed E-state index contributed by atoms with van der Waals surface area (Å²) in [5, 5.41) is 10.4. The van der Waals surface area contributed by atoms with Crippen molar-refractivity contribution in [3.8, 4) is 0 Å². The number of esters is 1. The Hall–Kier alpha value is -0.513. The molecule has 2 aliphatic rings. The van der Waals surface area contributed by atoms with Gasteiger partial charge in [-0.1, -0.05) is 20.8 Å². The molecule has 0 aromatic carbocycles. The molecule has 0 aliphatic carbocycles. The molecule has 0 aromatic heterocycles. The summed E-state index contributed by atoms with van der Waals surface area (Å²) in [7, 11) is -1.98. The molecule has 2 fully saturated rings. The first-order chi connectivity index (χ1) is 11.2. The van der Waals surface area contributed by atoms with Crippen LogP contribution in [0.25, 0.3) is 0 Å². The molecular weight excluding hydrogens is 344 g/mol. The van der Waals surface area contributed by atoms with Crippen LogP contribution in [0.1, 0.15) is 41.5 Å². The molecule has 0 aromatic rings. The molecule has 1 N–H and O–H groups in total. The maximum Gasteiger partial charge on any atom is 0.303 e. The fraction of sp³-hybridized carbons (Fsp3) is 0.941. The van der Waals surface area contributed by atoms with Gasteiger partial charge in [0.05, 0.1) is 6.61 Å². The molecular formula is C17H32O7Si. The summed E-state index contributed by atoms with van der Waals surface area (Å²) >= 11 is 0. The highest BCUT2D eigenvalue weighted by molar-refractivity contribution is 6.74. The third-order valence-electron chi connectivity index (χ3n) is 5.17. The fourth-order valence-electron chi connectivity index (χ4n) is 2.81. The van der Waals surface area contributed by atoms with Gasteiger partial charge in [0.25, 0.3) is 0 Å². The lowest BCUT2D eigenvalue weighted by molar-refractivity contribution is -0.269. The van der Waals surface area contributed by atoms with Crippen molar-refractivity contribution in [2.45, 2.75) is 96.2 Å². The van der Waals surface area contributed by atoms with Crippen molar-refractivity contribution in [1.29, 1.82) is 0 Å². The van der Waals surface area contributed by atoms with Crippen LogP contribution in [0.3, 0.4) is 0 Å². The Labute approximate surface area is 151 Å². The number of aliphatic hydroxyl groups is 1. The van der Waals surface area contributed by atoms with Crippen molar-refractivity contribution in [2.24, 2.45) is 0 Å². The normalized spacial score (nSPS) is 35.3. The molecule has 2 aliphatic heterocycles. The molecule has 25 heavy (non-hydrogen) atoms. The van der Waals surface area contributed by atoms with Gasteiger partial charge in [-0.3, -0.25) is 4.79 Å². The molecule has 5 atom stereocenters. The van der Waals surface area contributed by atoms with Gasteiger partial charge >= 0.3 is 5.97 Å². The molecule has 0 saturated carbocycles. The van der Waals surface area contributed by atoms with E-state index in [-0.39, 0.29) is 5.04 Å². The summed E-state index contributed by atoms with van der Waals surface area (Å²) in [6, 6.07) is 0. The predicted octanol–water partition coefficient (Wildman–Crippen LogP) is 2.18. The third kappa shape index (κ3) is 4.61. The minimum atomic E-state index is -1.98. The minimum absolute atomic E-state index is 0.0618. The number of hydrogen-bond donors (Lipinski definition) is 1. The van der Waals surface area contributed by atoms with E-state index in [1.54, 1.807) is 13.8 Å². The molecule has 8 heteroatoms. The standard InChI is InChI=1S/C17H32O7Si/c1-10(18)21-14-13-12(23-17(5,6)24-13)11(22-15(14)19)9-20-25(7,8)16(2,3)4/h11-15,19H,9H2,1-8H3/t11-,12+,13+,14-,15+/m1/s1. The molecule has 2 rings (SSSR count). The van der Waals surface area contributed by atoms with E-state index in [0.29, 0.717) is 6.61 Å². The van der Waals surface area contributed by atoms with Crippen LogP contribution in [0.15, 0.2) is 0 Å². The zero-order chi connectivity index (χ0) is 19.2. The first kappa shape index (κ1) is 20.8. The maximum atomic E-state index is 11.4. The highest BCUT2D eigenvalue weighted by Gasteiger charge is 2.56. The maximum absolute atomic E-state index is 11.4. The molecule has 2 saturated heterocycles. The second-order valence-corrected chi connectivity index (χ2v) is 13.6. The van der Waals surface area contributed by atoms with Gasteiger partial charge < -0.3 is 28.5 Å². The molecule has 7 nitrogen and oxygen atoms in total. The summed E-state index contributed by atoms with van der Waals surface area (Å²) in [5.74, 6) is -1.35. The van der Waals surface area contributed by atoms with Gasteiger partial charge in [-0.2, -0.15) is 0 Å². The van der Waals surface area contributed by atoms with E-state index in [4.69, 9.17) is 23.4 Å². The van der Waals surface area contributed by atoms with Gasteiger partial charge in [-0.15, -0.1) is 0 Å². The Morgan fingerprint density at radius 2 is 1.76 bits per heavy atom. The monoisotopic (exact) mass is 376 g/mol. The molecule has 0 bridgehead atoms. The first-order valence-corrected chi connectivity index (χ1v) is 11.6. The van der Waals surface area contributed by atoms with E-state index in [0.717, 1.165) is 0 Å². The van der Waals surface area contributed by atoms with Gasteiger partial charge in [0, 0.05) is 6.92 Å². The minimum Gasteiger partial charge on any atom is -0.454 e. The van der Waals surface area contributed by atoms with E-state index < -0.39 is 50.8 Å². The number of fused-ring (bicyclic) bond motifs is 1. The van der Waals surface area contributed by atoms with Gasteiger partial charge in [0.1, 0.15) is 18.3 Å². The summed E-state index contributed by atoms with van der Waals surface area (Å²) < 4.78 is 29.0. The molecule has 0 amide bonds. The summed E-state index contributed by atoms with van der Waals surface area (Å²) in [4.78, 5) is 11.4. The second-order valence-electron chi connectivity index (χ2n) is 8.78. The number of ether oxygens (including phenoxy) is 4. The Bertz CT molecular complexity index is 500. The van der Waals surface area contributed by atoms with Crippen LogP contribution < -0.4 is 0 Å². The largest absolute Gasteiger partial charge is 0.454 e. The summed E-state index contributed by atoms with van der Waals surface area (Å²) in [6.07, 6.45) is -3.78. The van der Waals surface area contributed by atoms with Crippen molar-refractivity contribution in [1.82, 2.24) is 0 Å². The Kier molecular flexibility index (Phi) is 5.74. The lowest BCUT2D eigenvalue weighted by atomic mass is 9.99. The summed E-state index contributed by atoms with van der Waals surface area (Å²) in [6.45, 7) is 15.9. The number of hydrogen-bond acceptors (Lipinski definition) is 7. The Morgan fingerprint density at radius 3 is 2.28 bits per heavy atom. The second kappa shape index (κ2) is 6.90. The highest BCUT2D eigenvalue weighted by Crippen LogP contribution is 2.40. The van der Waals surface area contributed by atoms with Gasteiger partial charge in [0.2, 0.25) is 0 Å². The third-order valence-corrected chi connectivity index (χ3v) is 9.67. The van der Waals surface area contributed by atoms with Crippen LogP contribution in [0, 0.1) is 0 Å². The van der Waals surface area contributed by atoms with E-state index >= 15 is 0 Å². The van der Waals surface area contributed by atoms with E-state index in [1.165, 1.54) is 6.92 Å². The van der Waals surface area contributed by atoms with Crippen LogP contribution in [0.2, 0.25) is 18.1 Å². The zero-order valence-electron chi connectivity index (χ0n) is 16.5. The van der Waals surface area contributed by atoms with Gasteiger partial charge in [-0.05, 0) is 32.0 Å². The SMILES string of the molecule is CC(=O)O[C@@H]1[C@H]2OC(C)(C)O[C@H]2[C@@H](CO[Si](C)(C)C(C)(C)C)O[C@@H]1O. The van der Waals surface area contributed by atoms with Crippen LogP contribution in [0.4, 0.5) is 0 Å². The number of carbonyl (C=O) groups excluding carboxylic acids is 1. The first-order valence-electron chi connectivity index (χ1n) is 8.74. The summed E-state index contributed by atoms with van der Waals surface area (Å²) in [5.41, 5.74) is 0. The zero-order valence-corrected chi connectivity index (χ0v) is 17.5. The molecule has 0 radical (unpaired) electrons. The fourth-order valence-corrected chi connectivity index (χ4v) is 3.83. The van der Waals surface area contributed by atoms with Gasteiger partial charge in [0.15, 0.2) is 26.5 Å². The van der Waals surface area contributed by atoms with Crippen molar-refractivity contribution in [3.05, 3.63) is 0 Å². The number of aliphatic hydroxyl groups excluding tert-OH is 1. The average Bonchev–Trinajstić information content (AvgIpc) is 2.74. The molecule has 2 heterocycles. The quantitative estimate of drug-likeness (QED) is 0.595. The van der Waals surface area contributed by atoms with Crippen molar-refractivity contribution >= 4 is 14.3 Å². The lowest BCUT2D eigenvalue weighted by Crippen LogP contribution is -2.59. The molecule has 146 valence electrons. The van der Waals surface area contributed by atoms with Crippen molar-refractivity contribution < 1.29 is 33.3 Å². The predicted molar refractivity (Wildman–Crippen MR) is 93.4 cm³/mol. The highest BCUT2D eigenvalue weighted by atomic mass is 28.4. The van der Waals surface area contributed by atoms with Gasteiger partial charge in [-0.25, -0.2) is 0 Å². The van der Waals surface area contributed by atoms with E-state index in [2.05, 4.69) is 33.9 Å². The van der Waals surface area contributed by atoms with Crippen LogP contribution in [-0.2, 0) is 28.2 Å².